The molecule has 2 aromatic heterocycles. The van der Waals surface area contributed by atoms with Gasteiger partial charge in [0.2, 0.25) is 0 Å². The van der Waals surface area contributed by atoms with Gasteiger partial charge in [-0.3, -0.25) is 5.10 Å². The van der Waals surface area contributed by atoms with Crippen LogP contribution in [0.4, 0.5) is 0 Å². The van der Waals surface area contributed by atoms with E-state index in [2.05, 4.69) is 21.6 Å². The number of nitrogens with one attached hydrogen (secondary N) is 2. The van der Waals surface area contributed by atoms with Crippen molar-refractivity contribution in [1.82, 2.24) is 15.5 Å². The number of hydrogen-bond acceptors (Lipinski definition) is 3. The Morgan fingerprint density at radius 2 is 2.38 bits per heavy atom. The fourth-order valence-corrected chi connectivity index (χ4v) is 1.79. The number of aromatic nitrogens is 2. The number of nitrogens with zero attached hydrogens (tertiary/aromatic N) is 1. The maximum Gasteiger partial charge on any atom is 0.117 e. The molecule has 84 valence electrons. The highest BCUT2D eigenvalue weighted by Gasteiger charge is 2.25. The molecule has 0 bridgehead atoms. The fourth-order valence-electron chi connectivity index (χ4n) is 1.79. The van der Waals surface area contributed by atoms with Gasteiger partial charge in [-0.2, -0.15) is 5.10 Å². The van der Waals surface area contributed by atoms with Crippen molar-refractivity contribution in [2.75, 3.05) is 0 Å². The molecule has 0 aromatic carbocycles. The third-order valence-corrected chi connectivity index (χ3v) is 2.84. The SMILES string of the molecule is c1coc(CNCc2cc(C3CC3)n[nH]2)c1. The summed E-state index contributed by atoms with van der Waals surface area (Å²) in [5.41, 5.74) is 2.36. The van der Waals surface area contributed by atoms with Crippen LogP contribution in [0.3, 0.4) is 0 Å². The van der Waals surface area contributed by atoms with Gasteiger partial charge in [0, 0.05) is 18.2 Å². The molecule has 2 heterocycles. The molecule has 0 aliphatic heterocycles. The molecule has 16 heavy (non-hydrogen) atoms. The molecular formula is C12H15N3O. The Labute approximate surface area is 94.0 Å². The van der Waals surface area contributed by atoms with E-state index in [0.29, 0.717) is 0 Å². The van der Waals surface area contributed by atoms with Gasteiger partial charge < -0.3 is 9.73 Å². The van der Waals surface area contributed by atoms with Crippen molar-refractivity contribution in [3.05, 3.63) is 41.6 Å². The highest BCUT2D eigenvalue weighted by molar-refractivity contribution is 5.17. The zero-order valence-corrected chi connectivity index (χ0v) is 9.07. The molecule has 1 saturated carbocycles. The molecule has 0 radical (unpaired) electrons. The molecule has 1 aliphatic carbocycles. The van der Waals surface area contributed by atoms with Crippen molar-refractivity contribution in [1.29, 1.82) is 0 Å². The van der Waals surface area contributed by atoms with Gasteiger partial charge in [-0.25, -0.2) is 0 Å². The van der Waals surface area contributed by atoms with E-state index < -0.39 is 0 Å². The van der Waals surface area contributed by atoms with Crippen LogP contribution in [0.2, 0.25) is 0 Å². The summed E-state index contributed by atoms with van der Waals surface area (Å²) in [6.07, 6.45) is 4.28. The predicted octanol–water partition coefficient (Wildman–Crippen LogP) is 2.17. The number of hydrogen-bond donors (Lipinski definition) is 2. The summed E-state index contributed by atoms with van der Waals surface area (Å²) in [6.45, 7) is 1.56. The second kappa shape index (κ2) is 4.14. The van der Waals surface area contributed by atoms with Crippen LogP contribution in [0.5, 0.6) is 0 Å². The van der Waals surface area contributed by atoms with Crippen LogP contribution in [-0.2, 0) is 13.1 Å². The van der Waals surface area contributed by atoms with E-state index in [0.717, 1.165) is 30.5 Å². The van der Waals surface area contributed by atoms with E-state index in [4.69, 9.17) is 4.42 Å². The van der Waals surface area contributed by atoms with Crippen LogP contribution in [0.1, 0.15) is 35.9 Å². The zero-order valence-electron chi connectivity index (χ0n) is 9.07. The van der Waals surface area contributed by atoms with Crippen LogP contribution in [0.25, 0.3) is 0 Å². The number of H-pyrrole nitrogens is 1. The van der Waals surface area contributed by atoms with Gasteiger partial charge in [-0.05, 0) is 31.0 Å². The molecule has 2 aromatic rings. The molecule has 0 unspecified atom stereocenters. The van der Waals surface area contributed by atoms with E-state index in [1.54, 1.807) is 6.26 Å². The second-order valence-electron chi connectivity index (χ2n) is 4.28. The van der Waals surface area contributed by atoms with Crippen molar-refractivity contribution >= 4 is 0 Å². The molecule has 4 heteroatoms. The average molecular weight is 217 g/mol. The van der Waals surface area contributed by atoms with Gasteiger partial charge >= 0.3 is 0 Å². The largest absolute Gasteiger partial charge is 0.468 e. The lowest BCUT2D eigenvalue weighted by atomic mass is 10.2. The van der Waals surface area contributed by atoms with Crippen molar-refractivity contribution < 1.29 is 4.42 Å². The topological polar surface area (TPSA) is 53.9 Å². The minimum atomic E-state index is 0.718. The van der Waals surface area contributed by atoms with Gasteiger partial charge in [-0.1, -0.05) is 0 Å². The Morgan fingerprint density at radius 1 is 1.44 bits per heavy atom. The van der Waals surface area contributed by atoms with Crippen molar-refractivity contribution in [2.45, 2.75) is 31.8 Å². The number of aromatic amines is 1. The van der Waals surface area contributed by atoms with E-state index in [9.17, 15) is 0 Å². The third kappa shape index (κ3) is 2.17. The van der Waals surface area contributed by atoms with Gasteiger partial charge in [0.1, 0.15) is 5.76 Å². The molecule has 3 rings (SSSR count). The Hall–Kier alpha value is -1.55. The van der Waals surface area contributed by atoms with E-state index in [-0.39, 0.29) is 0 Å². The highest BCUT2D eigenvalue weighted by Crippen LogP contribution is 2.38. The molecule has 1 aliphatic rings. The summed E-state index contributed by atoms with van der Waals surface area (Å²) in [4.78, 5) is 0. The van der Waals surface area contributed by atoms with Crippen LogP contribution in [0.15, 0.2) is 28.9 Å². The molecule has 0 amide bonds. The monoisotopic (exact) mass is 217 g/mol. The first kappa shape index (κ1) is 9.66. The minimum Gasteiger partial charge on any atom is -0.468 e. The molecule has 0 atom stereocenters. The number of furan rings is 1. The summed E-state index contributed by atoms with van der Waals surface area (Å²) in [6, 6.07) is 6.03. The normalized spacial score (nSPS) is 15.5. The van der Waals surface area contributed by atoms with E-state index in [1.165, 1.54) is 18.5 Å². The third-order valence-electron chi connectivity index (χ3n) is 2.84. The second-order valence-corrected chi connectivity index (χ2v) is 4.28. The average Bonchev–Trinajstić information content (AvgIpc) is 2.83. The first-order valence-electron chi connectivity index (χ1n) is 5.69. The predicted molar refractivity (Wildman–Crippen MR) is 59.8 cm³/mol. The Morgan fingerprint density at radius 3 is 3.12 bits per heavy atom. The van der Waals surface area contributed by atoms with Crippen molar-refractivity contribution in [2.24, 2.45) is 0 Å². The maximum atomic E-state index is 5.24. The van der Waals surface area contributed by atoms with Crippen LogP contribution in [0, 0.1) is 0 Å². The van der Waals surface area contributed by atoms with E-state index >= 15 is 0 Å². The smallest absolute Gasteiger partial charge is 0.117 e. The summed E-state index contributed by atoms with van der Waals surface area (Å²) in [5.74, 6) is 1.68. The van der Waals surface area contributed by atoms with Gasteiger partial charge in [-0.15, -0.1) is 0 Å². The van der Waals surface area contributed by atoms with Gasteiger partial charge in [0.05, 0.1) is 18.5 Å². The molecule has 1 fully saturated rings. The number of rotatable bonds is 5. The van der Waals surface area contributed by atoms with Crippen molar-refractivity contribution in [3.8, 4) is 0 Å². The lowest BCUT2D eigenvalue weighted by Gasteiger charge is -1.99. The van der Waals surface area contributed by atoms with Crippen LogP contribution in [-0.4, -0.2) is 10.2 Å². The van der Waals surface area contributed by atoms with E-state index in [1.807, 2.05) is 12.1 Å². The molecule has 4 nitrogen and oxygen atoms in total. The minimum absolute atomic E-state index is 0.718. The Balaban J connectivity index is 1.50. The summed E-state index contributed by atoms with van der Waals surface area (Å²) < 4.78 is 5.24. The van der Waals surface area contributed by atoms with Gasteiger partial charge in [0.15, 0.2) is 0 Å². The first-order valence-corrected chi connectivity index (χ1v) is 5.69. The molecule has 0 spiro atoms. The lowest BCUT2D eigenvalue weighted by molar-refractivity contribution is 0.481. The zero-order chi connectivity index (χ0) is 10.8. The van der Waals surface area contributed by atoms with Crippen LogP contribution < -0.4 is 5.32 Å². The summed E-state index contributed by atoms with van der Waals surface area (Å²) >= 11 is 0. The molecule has 0 saturated heterocycles. The summed E-state index contributed by atoms with van der Waals surface area (Å²) in [7, 11) is 0. The van der Waals surface area contributed by atoms with Crippen LogP contribution >= 0.6 is 0 Å². The molecule has 2 N–H and O–H groups in total. The van der Waals surface area contributed by atoms with Gasteiger partial charge in [0.25, 0.3) is 0 Å². The standard InChI is InChI=1S/C12H15N3O/c1-2-11(16-5-1)8-13-7-10-6-12(15-14-10)9-3-4-9/h1-2,5-6,9,13H,3-4,7-8H2,(H,14,15). The lowest BCUT2D eigenvalue weighted by Crippen LogP contribution is -2.12. The Kier molecular flexibility index (Phi) is 2.50. The first-order chi connectivity index (χ1) is 7.92. The fraction of sp³-hybridized carbons (Fsp3) is 0.417. The highest BCUT2D eigenvalue weighted by atomic mass is 16.3. The quantitative estimate of drug-likeness (QED) is 0.807. The summed E-state index contributed by atoms with van der Waals surface area (Å²) in [5, 5.41) is 10.7. The maximum absolute atomic E-state index is 5.24. The Bertz CT molecular complexity index is 443. The van der Waals surface area contributed by atoms with Crippen molar-refractivity contribution in [3.63, 3.8) is 0 Å². The molecular weight excluding hydrogens is 202 g/mol.